The summed E-state index contributed by atoms with van der Waals surface area (Å²) in [5.41, 5.74) is 0.442. The van der Waals surface area contributed by atoms with Gasteiger partial charge in [-0.3, -0.25) is 9.59 Å². The molecule has 0 aromatic heterocycles. The van der Waals surface area contributed by atoms with E-state index in [1.165, 1.54) is 25.7 Å². The summed E-state index contributed by atoms with van der Waals surface area (Å²) >= 11 is 0. The lowest BCUT2D eigenvalue weighted by Crippen LogP contribution is -2.61. The second kappa shape index (κ2) is 9.29. The number of likely N-dealkylation sites (tertiary alicyclic amines) is 1. The Morgan fingerprint density at radius 3 is 2.25 bits per heavy atom. The van der Waals surface area contributed by atoms with Gasteiger partial charge in [0.15, 0.2) is 0 Å². The number of unbranched alkanes of at least 4 members (excludes halogenated alkanes) is 2. The van der Waals surface area contributed by atoms with Gasteiger partial charge in [0, 0.05) is 38.5 Å². The first kappa shape index (κ1) is 24.1. The maximum Gasteiger partial charge on any atom is 0.226 e. The predicted molar refractivity (Wildman–Crippen MR) is 130 cm³/mol. The number of hydrogen-bond donors (Lipinski definition) is 0. The van der Waals surface area contributed by atoms with Gasteiger partial charge in [0.25, 0.3) is 0 Å². The predicted octanol–water partition coefficient (Wildman–Crippen LogP) is 5.89. The molecular weight excluding hydrogens is 396 g/mol. The van der Waals surface area contributed by atoms with Crippen molar-refractivity contribution in [2.75, 3.05) is 20.1 Å². The largest absolute Gasteiger partial charge is 0.342 e. The molecule has 3 saturated carbocycles. The standard InChI is InChI=1S/C28H48N2O2/c1-6-8-18-30(19-9-7-2)26(32)23-12-11-21-20-10-13-24-28(4,17-15-25(31)29(24)5)22(20)14-16-27(21,23)3/h20-24H,6-19H2,1-5H3/t20-,21-,22+,23?,24?,27-,28+/m0/s1. The van der Waals surface area contributed by atoms with Crippen LogP contribution in [0.2, 0.25) is 0 Å². The minimum Gasteiger partial charge on any atom is -0.342 e. The Labute approximate surface area is 196 Å². The fourth-order valence-electron chi connectivity index (χ4n) is 8.81. The van der Waals surface area contributed by atoms with Crippen molar-refractivity contribution in [1.29, 1.82) is 0 Å². The van der Waals surface area contributed by atoms with E-state index in [9.17, 15) is 9.59 Å². The molecule has 1 heterocycles. The van der Waals surface area contributed by atoms with Gasteiger partial charge in [-0.25, -0.2) is 0 Å². The maximum absolute atomic E-state index is 13.8. The van der Waals surface area contributed by atoms with Crippen LogP contribution in [0.4, 0.5) is 0 Å². The number of carbonyl (C=O) groups is 2. The highest BCUT2D eigenvalue weighted by Gasteiger charge is 2.62. The molecule has 4 fully saturated rings. The summed E-state index contributed by atoms with van der Waals surface area (Å²) in [6, 6.07) is 0.423. The van der Waals surface area contributed by atoms with Gasteiger partial charge in [-0.2, -0.15) is 0 Å². The Morgan fingerprint density at radius 1 is 0.938 bits per heavy atom. The van der Waals surface area contributed by atoms with E-state index in [1.54, 1.807) is 0 Å². The SMILES string of the molecule is CCCCN(CCCC)C(=O)C1CC[C@H]2[C@@H]3CCC4N(C)C(=O)CC[C@]4(C)[C@@H]3CC[C@]12C. The lowest BCUT2D eigenvalue weighted by Gasteiger charge is -2.61. The molecule has 3 aliphatic carbocycles. The lowest BCUT2D eigenvalue weighted by atomic mass is 9.47. The van der Waals surface area contributed by atoms with Gasteiger partial charge in [0.2, 0.25) is 11.8 Å². The van der Waals surface area contributed by atoms with E-state index < -0.39 is 0 Å². The smallest absolute Gasteiger partial charge is 0.226 e. The van der Waals surface area contributed by atoms with Crippen molar-refractivity contribution in [1.82, 2.24) is 9.80 Å². The van der Waals surface area contributed by atoms with Crippen LogP contribution in [-0.2, 0) is 9.59 Å². The molecule has 32 heavy (non-hydrogen) atoms. The topological polar surface area (TPSA) is 40.6 Å². The molecule has 4 nitrogen and oxygen atoms in total. The van der Waals surface area contributed by atoms with Crippen molar-refractivity contribution in [3.05, 3.63) is 0 Å². The molecular formula is C28H48N2O2. The van der Waals surface area contributed by atoms with Crippen LogP contribution in [0, 0.1) is 34.5 Å². The van der Waals surface area contributed by atoms with Crippen molar-refractivity contribution < 1.29 is 9.59 Å². The fourth-order valence-corrected chi connectivity index (χ4v) is 8.81. The Kier molecular flexibility index (Phi) is 6.99. The number of amides is 2. The molecule has 0 radical (unpaired) electrons. The van der Waals surface area contributed by atoms with Crippen molar-refractivity contribution in [2.24, 2.45) is 34.5 Å². The Bertz CT molecular complexity index is 700. The van der Waals surface area contributed by atoms with Gasteiger partial charge < -0.3 is 9.80 Å². The van der Waals surface area contributed by atoms with E-state index >= 15 is 0 Å². The number of hydrogen-bond acceptors (Lipinski definition) is 2. The summed E-state index contributed by atoms with van der Waals surface area (Å²) in [5, 5.41) is 0. The normalized spacial score (nSPS) is 41.1. The summed E-state index contributed by atoms with van der Waals surface area (Å²) in [6.45, 7) is 11.3. The minimum atomic E-state index is 0.175. The van der Waals surface area contributed by atoms with Crippen LogP contribution in [-0.4, -0.2) is 47.8 Å². The van der Waals surface area contributed by atoms with Gasteiger partial charge in [-0.05, 0) is 86.4 Å². The second-order valence-corrected chi connectivity index (χ2v) is 12.2. The number of fused-ring (bicyclic) bond motifs is 5. The Morgan fingerprint density at radius 2 is 1.59 bits per heavy atom. The molecule has 4 rings (SSSR count). The maximum atomic E-state index is 13.8. The van der Waals surface area contributed by atoms with Gasteiger partial charge in [-0.1, -0.05) is 40.5 Å². The monoisotopic (exact) mass is 444 g/mol. The van der Waals surface area contributed by atoms with Crippen molar-refractivity contribution in [3.8, 4) is 0 Å². The second-order valence-electron chi connectivity index (χ2n) is 12.2. The van der Waals surface area contributed by atoms with E-state index in [-0.39, 0.29) is 16.7 Å². The molecule has 182 valence electrons. The van der Waals surface area contributed by atoms with E-state index in [0.717, 1.165) is 76.3 Å². The fraction of sp³-hybridized carbons (Fsp3) is 0.929. The zero-order valence-electron chi connectivity index (χ0n) is 21.5. The molecule has 2 unspecified atom stereocenters. The lowest BCUT2D eigenvalue weighted by molar-refractivity contribution is -0.161. The van der Waals surface area contributed by atoms with Crippen LogP contribution in [0.5, 0.6) is 0 Å². The van der Waals surface area contributed by atoms with Gasteiger partial charge >= 0.3 is 0 Å². The zero-order valence-corrected chi connectivity index (χ0v) is 21.5. The Hall–Kier alpha value is -1.06. The van der Waals surface area contributed by atoms with Crippen LogP contribution >= 0.6 is 0 Å². The first-order valence-electron chi connectivity index (χ1n) is 13.8. The number of piperidine rings is 1. The van der Waals surface area contributed by atoms with E-state index in [2.05, 4.69) is 37.5 Å². The highest BCUT2D eigenvalue weighted by molar-refractivity contribution is 5.80. The minimum absolute atomic E-state index is 0.175. The Balaban J connectivity index is 1.52. The molecule has 0 bridgehead atoms. The average Bonchev–Trinajstić information content (AvgIpc) is 3.13. The van der Waals surface area contributed by atoms with Crippen molar-refractivity contribution in [3.63, 3.8) is 0 Å². The summed E-state index contributed by atoms with van der Waals surface area (Å²) in [7, 11) is 2.04. The molecule has 1 saturated heterocycles. The first-order chi connectivity index (χ1) is 15.3. The summed E-state index contributed by atoms with van der Waals surface area (Å²) in [6.07, 6.45) is 13.5. The van der Waals surface area contributed by atoms with E-state index in [1.807, 2.05) is 7.05 Å². The van der Waals surface area contributed by atoms with Crippen LogP contribution in [0.15, 0.2) is 0 Å². The molecule has 0 N–H and O–H groups in total. The molecule has 0 aromatic rings. The van der Waals surface area contributed by atoms with Crippen LogP contribution < -0.4 is 0 Å². The zero-order chi connectivity index (χ0) is 23.1. The molecule has 4 heteroatoms. The van der Waals surface area contributed by atoms with Gasteiger partial charge in [0.1, 0.15) is 0 Å². The third-order valence-corrected chi connectivity index (χ3v) is 10.7. The molecule has 0 spiro atoms. The van der Waals surface area contributed by atoms with Crippen LogP contribution in [0.25, 0.3) is 0 Å². The van der Waals surface area contributed by atoms with E-state index in [4.69, 9.17) is 0 Å². The average molecular weight is 445 g/mol. The number of nitrogens with zero attached hydrogens (tertiary/aromatic N) is 2. The van der Waals surface area contributed by atoms with Gasteiger partial charge in [-0.15, -0.1) is 0 Å². The van der Waals surface area contributed by atoms with Crippen LogP contribution in [0.3, 0.4) is 0 Å². The summed E-state index contributed by atoms with van der Waals surface area (Å²) in [5.74, 6) is 3.20. The molecule has 7 atom stereocenters. The number of carbonyl (C=O) groups excluding carboxylic acids is 2. The van der Waals surface area contributed by atoms with E-state index in [0.29, 0.717) is 23.8 Å². The molecule has 2 amide bonds. The van der Waals surface area contributed by atoms with Crippen LogP contribution in [0.1, 0.15) is 105 Å². The van der Waals surface area contributed by atoms with Gasteiger partial charge in [0.05, 0.1) is 0 Å². The van der Waals surface area contributed by atoms with Crippen molar-refractivity contribution >= 4 is 11.8 Å². The molecule has 4 aliphatic rings. The third-order valence-electron chi connectivity index (χ3n) is 10.7. The third kappa shape index (κ3) is 3.82. The van der Waals surface area contributed by atoms with Crippen molar-refractivity contribution in [2.45, 2.75) is 111 Å². The summed E-state index contributed by atoms with van der Waals surface area (Å²) < 4.78 is 0. The molecule has 1 aliphatic heterocycles. The summed E-state index contributed by atoms with van der Waals surface area (Å²) in [4.78, 5) is 30.6. The highest BCUT2D eigenvalue weighted by atomic mass is 16.2. The quantitative estimate of drug-likeness (QED) is 0.491. The molecule has 0 aromatic carbocycles. The highest BCUT2D eigenvalue weighted by Crippen LogP contribution is 2.66. The first-order valence-corrected chi connectivity index (χ1v) is 13.8. The number of rotatable bonds is 7.